The Hall–Kier alpha value is -0.890. The molecule has 0 saturated heterocycles. The highest BCUT2D eigenvalue weighted by Crippen LogP contribution is 2.50. The van der Waals surface area contributed by atoms with E-state index in [9.17, 15) is 4.57 Å². The second-order valence-corrected chi connectivity index (χ2v) is 7.21. The molecule has 0 aromatic carbocycles. The van der Waals surface area contributed by atoms with Crippen molar-refractivity contribution in [1.29, 1.82) is 0 Å². The van der Waals surface area contributed by atoms with Crippen molar-refractivity contribution in [2.24, 2.45) is 0 Å². The lowest BCUT2D eigenvalue weighted by Gasteiger charge is -2.21. The first-order chi connectivity index (χ1) is 9.89. The predicted octanol–water partition coefficient (Wildman–Crippen LogP) is 5.66. The quantitative estimate of drug-likeness (QED) is 0.280. The molecule has 0 aromatic heterocycles. The number of rotatable bonds is 11. The van der Waals surface area contributed by atoms with Crippen LogP contribution in [0, 0.1) is 0 Å². The first kappa shape index (κ1) is 20.1. The molecule has 120 valence electrons. The van der Waals surface area contributed by atoms with Crippen molar-refractivity contribution in [2.45, 2.75) is 52.7 Å². The second-order valence-electron chi connectivity index (χ2n) is 5.20. The van der Waals surface area contributed by atoms with Crippen LogP contribution in [0.3, 0.4) is 0 Å². The Bertz CT molecular complexity index is 392. The van der Waals surface area contributed by atoms with Gasteiger partial charge in [-0.15, -0.1) is 0 Å². The van der Waals surface area contributed by atoms with Crippen LogP contribution in [0.25, 0.3) is 0 Å². The highest BCUT2D eigenvalue weighted by atomic mass is 31.2. The van der Waals surface area contributed by atoms with E-state index in [-0.39, 0.29) is 12.2 Å². The molecule has 0 fully saturated rings. The van der Waals surface area contributed by atoms with Crippen LogP contribution in [-0.2, 0) is 13.6 Å². The van der Waals surface area contributed by atoms with Crippen LogP contribution in [0.1, 0.15) is 40.5 Å². The Morgan fingerprint density at radius 1 is 0.905 bits per heavy atom. The molecule has 4 heteroatoms. The van der Waals surface area contributed by atoms with E-state index in [1.807, 2.05) is 52.0 Å². The molecule has 0 bridgehead atoms. The molecule has 0 N–H and O–H groups in total. The fourth-order valence-electron chi connectivity index (χ4n) is 1.58. The molecule has 0 aliphatic heterocycles. The van der Waals surface area contributed by atoms with Crippen molar-refractivity contribution in [1.82, 2.24) is 0 Å². The molecule has 3 nitrogen and oxygen atoms in total. The first-order valence-electron chi connectivity index (χ1n) is 7.44. The van der Waals surface area contributed by atoms with Gasteiger partial charge in [-0.1, -0.05) is 49.1 Å². The fourth-order valence-corrected chi connectivity index (χ4v) is 3.47. The third-order valence-electron chi connectivity index (χ3n) is 2.23. The number of hydrogen-bond acceptors (Lipinski definition) is 3. The Balaban J connectivity index is 4.25. The minimum Gasteiger partial charge on any atom is -0.306 e. The third kappa shape index (κ3) is 12.6. The molecule has 0 heterocycles. The average Bonchev–Trinajstić information content (AvgIpc) is 2.34. The molecule has 0 rings (SSSR count). The molecule has 21 heavy (non-hydrogen) atoms. The SMILES string of the molecule is C=C/C=C/CC/C=C/C=C/CP(=O)(OC(C)C)OC(C)C. The van der Waals surface area contributed by atoms with Crippen LogP contribution in [0.15, 0.2) is 49.1 Å². The molecule has 0 aliphatic rings. The summed E-state index contributed by atoms with van der Waals surface area (Å²) < 4.78 is 23.4. The summed E-state index contributed by atoms with van der Waals surface area (Å²) in [7, 11) is -3.04. The summed E-state index contributed by atoms with van der Waals surface area (Å²) in [5, 5.41) is 0. The van der Waals surface area contributed by atoms with Gasteiger partial charge in [-0.25, -0.2) is 0 Å². The van der Waals surface area contributed by atoms with Crippen molar-refractivity contribution in [3.63, 3.8) is 0 Å². The lowest BCUT2D eigenvalue weighted by molar-refractivity contribution is 0.144. The van der Waals surface area contributed by atoms with Crippen LogP contribution < -0.4 is 0 Å². The maximum absolute atomic E-state index is 12.5. The molecule has 0 saturated carbocycles. The van der Waals surface area contributed by atoms with E-state index in [0.717, 1.165) is 12.8 Å². The molecular weight excluding hydrogens is 283 g/mol. The van der Waals surface area contributed by atoms with Crippen LogP contribution in [0.4, 0.5) is 0 Å². The molecule has 0 aromatic rings. The molecular formula is C17H29O3P. The van der Waals surface area contributed by atoms with Gasteiger partial charge in [0.2, 0.25) is 0 Å². The highest BCUT2D eigenvalue weighted by molar-refractivity contribution is 7.54. The van der Waals surface area contributed by atoms with Crippen molar-refractivity contribution in [2.75, 3.05) is 6.16 Å². The number of hydrogen-bond donors (Lipinski definition) is 0. The molecule has 0 unspecified atom stereocenters. The lowest BCUT2D eigenvalue weighted by atomic mass is 10.2. The number of unbranched alkanes of at least 4 members (excludes halogenated alkanes) is 1. The van der Waals surface area contributed by atoms with E-state index in [1.165, 1.54) is 0 Å². The topological polar surface area (TPSA) is 35.5 Å². The molecule has 0 atom stereocenters. The normalized spacial score (nSPS) is 13.4. The summed E-state index contributed by atoms with van der Waals surface area (Å²) in [4.78, 5) is 0. The first-order valence-corrected chi connectivity index (χ1v) is 9.17. The van der Waals surface area contributed by atoms with Gasteiger partial charge in [0.15, 0.2) is 0 Å². The average molecular weight is 312 g/mol. The third-order valence-corrected chi connectivity index (χ3v) is 4.37. The second kappa shape index (κ2) is 11.7. The summed E-state index contributed by atoms with van der Waals surface area (Å²) in [5.41, 5.74) is 0. The van der Waals surface area contributed by atoms with Gasteiger partial charge < -0.3 is 9.05 Å². The zero-order valence-electron chi connectivity index (χ0n) is 13.7. The van der Waals surface area contributed by atoms with E-state index in [4.69, 9.17) is 9.05 Å². The summed E-state index contributed by atoms with van der Waals surface area (Å²) >= 11 is 0. The standard InChI is InChI=1S/C17H29O3P/c1-6-7-8-9-10-11-12-13-14-15-21(18,19-16(2)3)20-17(4)5/h6-8,11-14,16-17H,1,9-10,15H2,2-5H3/b8-7+,12-11+,14-13+. The van der Waals surface area contributed by atoms with Gasteiger partial charge in [0, 0.05) is 0 Å². The van der Waals surface area contributed by atoms with Crippen molar-refractivity contribution in [3.05, 3.63) is 49.1 Å². The van der Waals surface area contributed by atoms with Crippen molar-refractivity contribution < 1.29 is 13.6 Å². The fraction of sp³-hybridized carbons (Fsp3) is 0.529. The Morgan fingerprint density at radius 3 is 1.86 bits per heavy atom. The molecule has 0 aliphatic carbocycles. The van der Waals surface area contributed by atoms with Crippen LogP contribution in [0.2, 0.25) is 0 Å². The summed E-state index contributed by atoms with van der Waals surface area (Å²) in [5.74, 6) is 0. The van der Waals surface area contributed by atoms with Gasteiger partial charge in [-0.05, 0) is 40.5 Å². The van der Waals surface area contributed by atoms with Crippen LogP contribution in [-0.4, -0.2) is 18.4 Å². The van der Waals surface area contributed by atoms with Gasteiger partial charge in [-0.3, -0.25) is 4.57 Å². The van der Waals surface area contributed by atoms with E-state index in [0.29, 0.717) is 6.16 Å². The Labute approximate surface area is 130 Å². The highest BCUT2D eigenvalue weighted by Gasteiger charge is 2.25. The molecule has 0 amide bonds. The zero-order chi connectivity index (χ0) is 16.1. The van der Waals surface area contributed by atoms with Gasteiger partial charge in [0.25, 0.3) is 0 Å². The van der Waals surface area contributed by atoms with Gasteiger partial charge in [0.1, 0.15) is 0 Å². The Morgan fingerprint density at radius 2 is 1.38 bits per heavy atom. The van der Waals surface area contributed by atoms with E-state index < -0.39 is 7.60 Å². The Kier molecular flexibility index (Phi) is 11.2. The van der Waals surface area contributed by atoms with E-state index >= 15 is 0 Å². The minimum atomic E-state index is -3.04. The minimum absolute atomic E-state index is 0.116. The summed E-state index contributed by atoms with van der Waals surface area (Å²) in [6.45, 7) is 11.0. The van der Waals surface area contributed by atoms with Crippen LogP contribution in [0.5, 0.6) is 0 Å². The predicted molar refractivity (Wildman–Crippen MR) is 91.8 cm³/mol. The monoisotopic (exact) mass is 312 g/mol. The largest absolute Gasteiger partial charge is 0.334 e. The smallest absolute Gasteiger partial charge is 0.306 e. The van der Waals surface area contributed by atoms with E-state index in [1.54, 1.807) is 6.08 Å². The van der Waals surface area contributed by atoms with Crippen molar-refractivity contribution >= 4 is 7.60 Å². The van der Waals surface area contributed by atoms with Crippen molar-refractivity contribution in [3.8, 4) is 0 Å². The van der Waals surface area contributed by atoms with Gasteiger partial charge in [0.05, 0.1) is 18.4 Å². The summed E-state index contributed by atoms with van der Waals surface area (Å²) in [6.07, 6.45) is 15.5. The lowest BCUT2D eigenvalue weighted by Crippen LogP contribution is -2.09. The maximum atomic E-state index is 12.5. The van der Waals surface area contributed by atoms with Gasteiger partial charge >= 0.3 is 7.60 Å². The zero-order valence-corrected chi connectivity index (χ0v) is 14.6. The maximum Gasteiger partial charge on any atom is 0.334 e. The molecule has 0 spiro atoms. The van der Waals surface area contributed by atoms with Crippen LogP contribution >= 0.6 is 7.60 Å². The summed E-state index contributed by atoms with van der Waals surface area (Å²) in [6, 6.07) is 0. The van der Waals surface area contributed by atoms with Gasteiger partial charge in [-0.2, -0.15) is 0 Å². The van der Waals surface area contributed by atoms with E-state index in [2.05, 4.69) is 18.7 Å². The number of allylic oxidation sites excluding steroid dienone is 7. The molecule has 0 radical (unpaired) electrons.